The Morgan fingerprint density at radius 2 is 2.05 bits per heavy atom. The number of amidine groups is 1. The van der Waals surface area contributed by atoms with Crippen LogP contribution >= 0.6 is 0 Å². The Labute approximate surface area is 110 Å². The van der Waals surface area contributed by atoms with Crippen LogP contribution in [0.1, 0.15) is 11.1 Å². The minimum atomic E-state index is -2.42. The molecule has 7 heteroatoms. The lowest BCUT2D eigenvalue weighted by molar-refractivity contribution is 0.0187. The van der Waals surface area contributed by atoms with Crippen molar-refractivity contribution in [2.24, 2.45) is 10.9 Å². The van der Waals surface area contributed by atoms with Gasteiger partial charge in [0.15, 0.2) is 5.84 Å². The van der Waals surface area contributed by atoms with Gasteiger partial charge in [-0.2, -0.15) is 0 Å². The number of oxime groups is 1. The predicted molar refractivity (Wildman–Crippen MR) is 67.5 cm³/mol. The largest absolute Gasteiger partial charge is 0.409 e. The first-order valence-corrected chi connectivity index (χ1v) is 5.77. The second-order valence-corrected chi connectivity index (χ2v) is 3.82. The highest BCUT2D eigenvalue weighted by atomic mass is 19.3. The third kappa shape index (κ3) is 6.12. The molecule has 1 aromatic carbocycles. The Bertz CT molecular complexity index is 396. The fourth-order valence-corrected chi connectivity index (χ4v) is 1.40. The third-order valence-electron chi connectivity index (χ3n) is 2.35. The summed E-state index contributed by atoms with van der Waals surface area (Å²) in [5.74, 6) is 0.0555. The first-order valence-electron chi connectivity index (χ1n) is 5.77. The van der Waals surface area contributed by atoms with Crippen molar-refractivity contribution in [3.63, 3.8) is 0 Å². The van der Waals surface area contributed by atoms with E-state index >= 15 is 0 Å². The molecule has 4 N–H and O–H groups in total. The molecule has 0 saturated heterocycles. The summed E-state index contributed by atoms with van der Waals surface area (Å²) in [5.41, 5.74) is 7.06. The zero-order valence-corrected chi connectivity index (χ0v) is 10.4. The number of ether oxygens (including phenoxy) is 1. The summed E-state index contributed by atoms with van der Waals surface area (Å²) in [6.45, 7) is 0.798. The van der Waals surface area contributed by atoms with Gasteiger partial charge in [-0.25, -0.2) is 8.78 Å². The van der Waals surface area contributed by atoms with Gasteiger partial charge >= 0.3 is 0 Å². The summed E-state index contributed by atoms with van der Waals surface area (Å²) < 4.78 is 28.2. The van der Waals surface area contributed by atoms with Crippen molar-refractivity contribution < 1.29 is 18.7 Å². The van der Waals surface area contributed by atoms with E-state index in [0.29, 0.717) is 18.7 Å². The summed E-state index contributed by atoms with van der Waals surface area (Å²) in [5, 5.41) is 14.5. The van der Waals surface area contributed by atoms with Gasteiger partial charge in [-0.1, -0.05) is 29.4 Å². The number of alkyl halides is 2. The van der Waals surface area contributed by atoms with E-state index in [1.807, 2.05) is 12.1 Å². The highest BCUT2D eigenvalue weighted by Crippen LogP contribution is 2.03. The van der Waals surface area contributed by atoms with E-state index in [4.69, 9.17) is 15.7 Å². The Kier molecular flexibility index (Phi) is 6.76. The quantitative estimate of drug-likeness (QED) is 0.218. The van der Waals surface area contributed by atoms with Gasteiger partial charge in [-0.05, 0) is 5.56 Å². The van der Waals surface area contributed by atoms with Crippen LogP contribution in [-0.2, 0) is 11.3 Å². The van der Waals surface area contributed by atoms with Gasteiger partial charge in [0.2, 0.25) is 0 Å². The van der Waals surface area contributed by atoms with Crippen LogP contribution in [0.4, 0.5) is 8.78 Å². The average Bonchev–Trinajstić information content (AvgIpc) is 2.42. The average molecular weight is 273 g/mol. The topological polar surface area (TPSA) is 79.9 Å². The summed E-state index contributed by atoms with van der Waals surface area (Å²) in [6, 6.07) is 7.14. The fourth-order valence-electron chi connectivity index (χ4n) is 1.40. The van der Waals surface area contributed by atoms with Crippen molar-refractivity contribution in [2.75, 3.05) is 19.8 Å². The Hall–Kier alpha value is -1.73. The van der Waals surface area contributed by atoms with Gasteiger partial charge in [-0.15, -0.1) is 0 Å². The molecule has 0 aliphatic rings. The number of hydrogen-bond acceptors (Lipinski definition) is 4. The molecule has 0 saturated carbocycles. The molecule has 19 heavy (non-hydrogen) atoms. The summed E-state index contributed by atoms with van der Waals surface area (Å²) in [6.07, 6.45) is -2.42. The van der Waals surface area contributed by atoms with Gasteiger partial charge in [0, 0.05) is 18.7 Å². The van der Waals surface area contributed by atoms with Gasteiger partial charge < -0.3 is 21.0 Å². The van der Waals surface area contributed by atoms with Crippen molar-refractivity contribution in [3.05, 3.63) is 35.4 Å². The molecule has 0 spiro atoms. The first-order chi connectivity index (χ1) is 9.13. The Morgan fingerprint density at radius 1 is 1.37 bits per heavy atom. The van der Waals surface area contributed by atoms with E-state index in [0.717, 1.165) is 5.56 Å². The van der Waals surface area contributed by atoms with Crippen molar-refractivity contribution >= 4 is 5.84 Å². The molecule has 1 aromatic rings. The second kappa shape index (κ2) is 8.39. The molecule has 106 valence electrons. The molecule has 0 aliphatic carbocycles. The van der Waals surface area contributed by atoms with Crippen molar-refractivity contribution in [1.29, 1.82) is 0 Å². The van der Waals surface area contributed by atoms with Gasteiger partial charge in [0.25, 0.3) is 6.43 Å². The fraction of sp³-hybridized carbons (Fsp3) is 0.417. The minimum Gasteiger partial charge on any atom is -0.409 e. The third-order valence-corrected chi connectivity index (χ3v) is 2.35. The zero-order chi connectivity index (χ0) is 14.1. The maximum absolute atomic E-state index is 11.8. The molecule has 0 fully saturated rings. The normalized spacial score (nSPS) is 12.1. The predicted octanol–water partition coefficient (Wildman–Crippen LogP) is 1.15. The number of benzene rings is 1. The molecule has 0 amide bonds. The van der Waals surface area contributed by atoms with Crippen LogP contribution in [0.2, 0.25) is 0 Å². The molecule has 5 nitrogen and oxygen atoms in total. The molecule has 0 radical (unpaired) electrons. The van der Waals surface area contributed by atoms with Crippen LogP contribution < -0.4 is 11.1 Å². The SMILES string of the molecule is N/C(=N/O)c1ccc(CNCCOCC(F)F)cc1. The number of hydrogen-bond donors (Lipinski definition) is 3. The highest BCUT2D eigenvalue weighted by molar-refractivity contribution is 5.96. The summed E-state index contributed by atoms with van der Waals surface area (Å²) in [4.78, 5) is 0. The molecule has 0 atom stereocenters. The number of halogens is 2. The lowest BCUT2D eigenvalue weighted by Crippen LogP contribution is -2.20. The molecule has 0 bridgehead atoms. The number of rotatable bonds is 8. The maximum Gasteiger partial charge on any atom is 0.261 e. The molecule has 0 unspecified atom stereocenters. The van der Waals surface area contributed by atoms with Crippen LogP contribution in [0, 0.1) is 0 Å². The van der Waals surface area contributed by atoms with E-state index in [1.54, 1.807) is 12.1 Å². The number of nitrogens with one attached hydrogen (secondary N) is 1. The highest BCUT2D eigenvalue weighted by Gasteiger charge is 2.01. The van der Waals surface area contributed by atoms with Crippen molar-refractivity contribution in [2.45, 2.75) is 13.0 Å². The van der Waals surface area contributed by atoms with E-state index < -0.39 is 13.0 Å². The van der Waals surface area contributed by atoms with Crippen molar-refractivity contribution in [3.8, 4) is 0 Å². The second-order valence-electron chi connectivity index (χ2n) is 3.82. The molecule has 0 aromatic heterocycles. The van der Waals surface area contributed by atoms with Gasteiger partial charge in [0.1, 0.15) is 6.61 Å². The van der Waals surface area contributed by atoms with Gasteiger partial charge in [-0.3, -0.25) is 0 Å². The van der Waals surface area contributed by atoms with Crippen LogP contribution in [-0.4, -0.2) is 37.2 Å². The standard InChI is InChI=1S/C12H17F2N3O2/c13-11(14)8-19-6-5-16-7-9-1-3-10(4-2-9)12(15)17-18/h1-4,11,16,18H,5-8H2,(H2,15,17). The Balaban J connectivity index is 2.23. The lowest BCUT2D eigenvalue weighted by atomic mass is 10.1. The molecular weight excluding hydrogens is 256 g/mol. The number of nitrogens with zero attached hydrogens (tertiary/aromatic N) is 1. The first kappa shape index (κ1) is 15.3. The monoisotopic (exact) mass is 273 g/mol. The molecule has 1 rings (SSSR count). The van der Waals surface area contributed by atoms with E-state index in [2.05, 4.69) is 10.5 Å². The minimum absolute atomic E-state index is 0.0555. The summed E-state index contributed by atoms with van der Waals surface area (Å²) in [7, 11) is 0. The van der Waals surface area contributed by atoms with E-state index in [-0.39, 0.29) is 12.4 Å². The number of nitrogens with two attached hydrogens (primary N) is 1. The van der Waals surface area contributed by atoms with Crippen molar-refractivity contribution in [1.82, 2.24) is 5.32 Å². The molecule has 0 aliphatic heterocycles. The zero-order valence-electron chi connectivity index (χ0n) is 10.4. The van der Waals surface area contributed by atoms with Crippen LogP contribution in [0.3, 0.4) is 0 Å². The Morgan fingerprint density at radius 3 is 2.63 bits per heavy atom. The van der Waals surface area contributed by atoms with Crippen LogP contribution in [0.15, 0.2) is 29.4 Å². The molecule has 0 heterocycles. The molecular formula is C12H17F2N3O2. The smallest absolute Gasteiger partial charge is 0.261 e. The van der Waals surface area contributed by atoms with Crippen LogP contribution in [0.5, 0.6) is 0 Å². The maximum atomic E-state index is 11.8. The van der Waals surface area contributed by atoms with E-state index in [1.165, 1.54) is 0 Å². The summed E-state index contributed by atoms with van der Waals surface area (Å²) >= 11 is 0. The van der Waals surface area contributed by atoms with E-state index in [9.17, 15) is 8.78 Å². The van der Waals surface area contributed by atoms with Crippen LogP contribution in [0.25, 0.3) is 0 Å². The lowest BCUT2D eigenvalue weighted by Gasteiger charge is -2.06. The van der Waals surface area contributed by atoms with Gasteiger partial charge in [0.05, 0.1) is 6.61 Å².